The summed E-state index contributed by atoms with van der Waals surface area (Å²) in [5, 5.41) is 34.6. The molecule has 5 aromatic rings. The van der Waals surface area contributed by atoms with Gasteiger partial charge < -0.3 is 52.5 Å². The predicted octanol–water partition coefficient (Wildman–Crippen LogP) is 2.50. The van der Waals surface area contributed by atoms with Crippen LogP contribution in [0.5, 0.6) is 5.75 Å². The molecular weight excluding hydrogens is 839 g/mol. The van der Waals surface area contributed by atoms with Crippen molar-refractivity contribution in [3.8, 4) is 5.75 Å². The van der Waals surface area contributed by atoms with E-state index in [4.69, 9.17) is 5.73 Å². The van der Waals surface area contributed by atoms with Gasteiger partial charge in [-0.2, -0.15) is 11.8 Å². The van der Waals surface area contributed by atoms with Crippen LogP contribution in [0.1, 0.15) is 49.1 Å². The number of phenolic OH excluding ortho intramolecular Hbond substituents is 1. The molecule has 0 unspecified atom stereocenters. The number of phenols is 1. The highest BCUT2D eigenvalue weighted by Gasteiger charge is 2.34. The van der Waals surface area contributed by atoms with E-state index in [0.717, 1.165) is 10.9 Å². The molecule has 5 amide bonds. The van der Waals surface area contributed by atoms with E-state index in [1.807, 2.05) is 44.4 Å². The Morgan fingerprint density at radius 1 is 0.672 bits per heavy atom. The number of nitrogens with zero attached hydrogens (tertiary/aromatic N) is 1. The summed E-state index contributed by atoms with van der Waals surface area (Å²) < 4.78 is 0. The van der Waals surface area contributed by atoms with Crippen molar-refractivity contribution in [2.24, 2.45) is 11.7 Å². The van der Waals surface area contributed by atoms with Gasteiger partial charge >= 0.3 is 5.97 Å². The first-order chi connectivity index (χ1) is 30.7. The third-order valence-corrected chi connectivity index (χ3v) is 11.2. The molecule has 0 saturated carbocycles. The molecule has 0 bridgehead atoms. The monoisotopic (exact) mass is 895 g/mol. The average Bonchev–Trinajstić information content (AvgIpc) is 3.94. The van der Waals surface area contributed by atoms with Crippen molar-refractivity contribution in [1.29, 1.82) is 0 Å². The second kappa shape index (κ2) is 23.7. The molecule has 2 aromatic heterocycles. The first kappa shape index (κ1) is 48.4. The van der Waals surface area contributed by atoms with Gasteiger partial charge in [0.2, 0.25) is 29.5 Å². The Morgan fingerprint density at radius 3 is 1.88 bits per heavy atom. The number of nitrogens with two attached hydrogens (primary N) is 1. The zero-order valence-electron chi connectivity index (χ0n) is 36.0. The first-order valence-electron chi connectivity index (χ1n) is 21.0. The van der Waals surface area contributed by atoms with E-state index in [1.165, 1.54) is 30.2 Å². The van der Waals surface area contributed by atoms with Crippen molar-refractivity contribution in [3.05, 3.63) is 120 Å². The fourth-order valence-electron chi connectivity index (χ4n) is 7.16. The summed E-state index contributed by atoms with van der Waals surface area (Å²) in [6, 6.07) is 15.1. The molecule has 340 valence electrons. The fraction of sp³-hybridized carbons (Fsp3) is 0.370. The number of aliphatic carboxylic acids is 1. The molecule has 17 nitrogen and oxygen atoms in total. The normalized spacial score (nSPS) is 14.1. The summed E-state index contributed by atoms with van der Waals surface area (Å²) in [5.41, 5.74) is 9.60. The zero-order chi connectivity index (χ0) is 46.2. The van der Waals surface area contributed by atoms with Gasteiger partial charge in [0.1, 0.15) is 36.0 Å². The topological polar surface area (TPSA) is 274 Å². The molecule has 0 aliphatic heterocycles. The molecule has 64 heavy (non-hydrogen) atoms. The van der Waals surface area contributed by atoms with Crippen LogP contribution in [0.25, 0.3) is 10.9 Å². The maximum atomic E-state index is 14.5. The number of H-pyrrole nitrogens is 2. The summed E-state index contributed by atoms with van der Waals surface area (Å²) in [7, 11) is 0. The summed E-state index contributed by atoms with van der Waals surface area (Å²) >= 11 is 1.47. The van der Waals surface area contributed by atoms with Crippen LogP contribution in [0.2, 0.25) is 0 Å². The van der Waals surface area contributed by atoms with E-state index in [2.05, 4.69) is 41.5 Å². The number of fused-ring (bicyclic) bond motifs is 1. The third-order valence-electron chi connectivity index (χ3n) is 10.6. The minimum absolute atomic E-state index is 0.00398. The number of para-hydroxylation sites is 1. The smallest absolute Gasteiger partial charge is 0.326 e. The van der Waals surface area contributed by atoms with Crippen LogP contribution >= 0.6 is 11.8 Å². The lowest BCUT2D eigenvalue weighted by molar-refractivity contribution is -0.142. The fourth-order valence-corrected chi connectivity index (χ4v) is 7.63. The van der Waals surface area contributed by atoms with E-state index in [-0.39, 0.29) is 50.2 Å². The third kappa shape index (κ3) is 14.5. The summed E-state index contributed by atoms with van der Waals surface area (Å²) in [5.74, 6) is -4.30. The van der Waals surface area contributed by atoms with Crippen LogP contribution in [-0.4, -0.2) is 109 Å². The van der Waals surface area contributed by atoms with Crippen LogP contribution in [0.15, 0.2) is 97.6 Å². The van der Waals surface area contributed by atoms with E-state index in [0.29, 0.717) is 28.1 Å². The number of aromatic hydroxyl groups is 1. The number of benzene rings is 3. The summed E-state index contributed by atoms with van der Waals surface area (Å²) in [4.78, 5) is 92.6. The Morgan fingerprint density at radius 2 is 1.23 bits per heavy atom. The molecule has 0 spiro atoms. The Balaban J connectivity index is 1.39. The van der Waals surface area contributed by atoms with Gasteiger partial charge in [0, 0.05) is 54.7 Å². The molecular formula is C46H57N9O8S. The van der Waals surface area contributed by atoms with E-state index >= 15 is 0 Å². The number of imidazole rings is 1. The van der Waals surface area contributed by atoms with Crippen molar-refractivity contribution in [2.75, 3.05) is 12.0 Å². The molecule has 3 aromatic carbocycles. The molecule has 2 heterocycles. The van der Waals surface area contributed by atoms with Crippen molar-refractivity contribution in [3.63, 3.8) is 0 Å². The van der Waals surface area contributed by atoms with Crippen molar-refractivity contribution < 1.29 is 39.0 Å². The summed E-state index contributed by atoms with van der Waals surface area (Å²) in [6.07, 6.45) is 7.05. The lowest BCUT2D eigenvalue weighted by Gasteiger charge is -2.28. The zero-order valence-corrected chi connectivity index (χ0v) is 36.8. The second-order valence-electron chi connectivity index (χ2n) is 16.1. The van der Waals surface area contributed by atoms with Crippen molar-refractivity contribution in [2.45, 2.75) is 88.6 Å². The molecule has 0 fully saturated rings. The Labute approximate surface area is 375 Å². The molecule has 6 atom stereocenters. The number of rotatable bonds is 24. The first-order valence-corrected chi connectivity index (χ1v) is 22.4. The lowest BCUT2D eigenvalue weighted by Crippen LogP contribution is -2.60. The molecule has 0 aliphatic carbocycles. The molecule has 0 aliphatic rings. The Bertz CT molecular complexity index is 2320. The van der Waals surface area contributed by atoms with Gasteiger partial charge in [-0.15, -0.1) is 0 Å². The highest BCUT2D eigenvalue weighted by atomic mass is 32.2. The largest absolute Gasteiger partial charge is 0.508 e. The number of aromatic nitrogens is 3. The van der Waals surface area contributed by atoms with Crippen LogP contribution in [0.4, 0.5) is 0 Å². The van der Waals surface area contributed by atoms with Crippen LogP contribution in [0.3, 0.4) is 0 Å². The number of hydrogen-bond donors (Lipinski definition) is 10. The molecule has 0 radical (unpaired) electrons. The standard InChI is InChI=1S/C46H57N9O8S/c1-27(2)19-37(43(59)53-38(20-29-13-15-32(56)16-14-29)44(60)55-40(46(62)63)21-28-9-5-4-6-10-28)52-45(61)39(22-30-24-49-35-12-8-7-11-33(30)35)54-42(58)36(17-18-64-3)51-41(57)34(47)23-31-25-48-26-50-31/h4-16,24-27,34,36-40,49,56H,17-23,47H2,1-3H3,(H,48,50)(H,51,57)(H,52,61)(H,53,59)(H,54,58)(H,55,60)(H,62,63)/t34-,36-,37-,38-,39-,40-/m0/s1. The number of carbonyl (C=O) groups is 6. The van der Waals surface area contributed by atoms with E-state index < -0.39 is 71.8 Å². The predicted molar refractivity (Wildman–Crippen MR) is 244 cm³/mol. The second-order valence-corrected chi connectivity index (χ2v) is 17.1. The number of thioether (sulfide) groups is 1. The van der Waals surface area contributed by atoms with Gasteiger partial charge in [0.05, 0.1) is 12.4 Å². The summed E-state index contributed by atoms with van der Waals surface area (Å²) in [6.45, 7) is 3.71. The van der Waals surface area contributed by atoms with Crippen LogP contribution < -0.4 is 32.3 Å². The highest BCUT2D eigenvalue weighted by Crippen LogP contribution is 2.20. The maximum absolute atomic E-state index is 14.5. The number of carboxylic acid groups (broad SMARTS) is 1. The maximum Gasteiger partial charge on any atom is 0.326 e. The minimum atomic E-state index is -1.33. The lowest BCUT2D eigenvalue weighted by atomic mass is 9.99. The van der Waals surface area contributed by atoms with Gasteiger partial charge in [-0.05, 0) is 65.7 Å². The SMILES string of the molecule is CSCC[C@H](NC(=O)[C@@H](N)Cc1cnc[nH]1)C(=O)N[C@@H](Cc1c[nH]c2ccccc12)C(=O)N[C@@H](CC(C)C)C(=O)N[C@@H](Cc1ccc(O)cc1)C(=O)N[C@@H](Cc1ccccc1)C(=O)O. The average molecular weight is 896 g/mol. The number of aromatic amines is 2. The van der Waals surface area contributed by atoms with E-state index in [9.17, 15) is 39.0 Å². The Kier molecular flexibility index (Phi) is 17.9. The minimum Gasteiger partial charge on any atom is -0.508 e. The Hall–Kier alpha value is -6.66. The van der Waals surface area contributed by atoms with Crippen LogP contribution in [0, 0.1) is 5.92 Å². The number of nitrogens with one attached hydrogen (secondary N) is 7. The van der Waals surface area contributed by atoms with Gasteiger partial charge in [-0.1, -0.05) is 74.5 Å². The number of amides is 5. The van der Waals surface area contributed by atoms with Gasteiger partial charge in [0.15, 0.2) is 0 Å². The molecule has 11 N–H and O–H groups in total. The quantitative estimate of drug-likeness (QED) is 0.0430. The van der Waals surface area contributed by atoms with Gasteiger partial charge in [0.25, 0.3) is 0 Å². The number of carboxylic acids is 1. The van der Waals surface area contributed by atoms with Gasteiger partial charge in [-0.25, -0.2) is 9.78 Å². The molecule has 0 saturated heterocycles. The van der Waals surface area contributed by atoms with Crippen molar-refractivity contribution in [1.82, 2.24) is 41.5 Å². The van der Waals surface area contributed by atoms with Crippen molar-refractivity contribution >= 4 is 58.2 Å². The highest BCUT2D eigenvalue weighted by molar-refractivity contribution is 7.98. The number of carbonyl (C=O) groups excluding carboxylic acids is 5. The number of hydrogen-bond acceptors (Lipinski definition) is 10. The van der Waals surface area contributed by atoms with E-state index in [1.54, 1.807) is 54.9 Å². The molecule has 5 rings (SSSR count). The van der Waals surface area contributed by atoms with Crippen LogP contribution in [-0.2, 0) is 54.5 Å². The molecule has 18 heteroatoms. The van der Waals surface area contributed by atoms with Gasteiger partial charge in [-0.3, -0.25) is 24.0 Å².